The number of aromatic nitrogens is 3. The smallest absolute Gasteiger partial charge is 0.258 e. The Balaban J connectivity index is 1.35. The molecule has 2 aliphatic rings. The average Bonchev–Trinajstić information content (AvgIpc) is 3.18. The summed E-state index contributed by atoms with van der Waals surface area (Å²) in [5.41, 5.74) is 5.91. The fraction of sp³-hybridized carbons (Fsp3) is 0.379. The van der Waals surface area contributed by atoms with E-state index >= 15 is 0 Å². The lowest BCUT2D eigenvalue weighted by Crippen LogP contribution is -2.26. The number of nitrogens with zero attached hydrogens (tertiary/aromatic N) is 4. The summed E-state index contributed by atoms with van der Waals surface area (Å²) in [6.07, 6.45) is 6.14. The van der Waals surface area contributed by atoms with Crippen LogP contribution in [-0.4, -0.2) is 33.7 Å². The number of benzene rings is 2. The van der Waals surface area contributed by atoms with E-state index in [1.807, 2.05) is 35.6 Å². The highest BCUT2D eigenvalue weighted by molar-refractivity contribution is 7.98. The largest absolute Gasteiger partial charge is 0.378 e. The molecule has 3 atom stereocenters. The summed E-state index contributed by atoms with van der Waals surface area (Å²) in [5.74, 6) is 1.62. The molecule has 2 aromatic heterocycles. The zero-order chi connectivity index (χ0) is 25.1. The summed E-state index contributed by atoms with van der Waals surface area (Å²) in [6, 6.07) is 15.1. The summed E-state index contributed by atoms with van der Waals surface area (Å²) in [7, 11) is 3.91. The van der Waals surface area contributed by atoms with Gasteiger partial charge in [-0.15, -0.1) is 11.8 Å². The first-order valence-electron chi connectivity index (χ1n) is 12.6. The van der Waals surface area contributed by atoms with Gasteiger partial charge in [0.1, 0.15) is 0 Å². The quantitative estimate of drug-likeness (QED) is 0.364. The summed E-state index contributed by atoms with van der Waals surface area (Å²) in [6.45, 7) is 6.33. The van der Waals surface area contributed by atoms with Crippen LogP contribution in [0, 0.1) is 18.8 Å². The first-order valence-corrected chi connectivity index (χ1v) is 13.9. The van der Waals surface area contributed by atoms with E-state index in [2.05, 4.69) is 78.0 Å². The van der Waals surface area contributed by atoms with Crippen molar-refractivity contribution in [3.8, 4) is 0 Å². The number of pyridine rings is 1. The van der Waals surface area contributed by atoms with Crippen LogP contribution in [-0.2, 0) is 14.1 Å². The number of anilines is 2. The van der Waals surface area contributed by atoms with Crippen LogP contribution in [0.4, 0.5) is 11.4 Å². The highest BCUT2D eigenvalue weighted by atomic mass is 32.2. The Bertz CT molecular complexity index is 1510. The number of fused-ring (bicyclic) bond motifs is 2. The highest BCUT2D eigenvalue weighted by Crippen LogP contribution is 2.58. The Morgan fingerprint density at radius 1 is 1.08 bits per heavy atom. The van der Waals surface area contributed by atoms with Crippen LogP contribution in [0.3, 0.4) is 0 Å². The van der Waals surface area contributed by atoms with Crippen LogP contribution in [0.15, 0.2) is 64.5 Å². The molecule has 3 heterocycles. The van der Waals surface area contributed by atoms with Gasteiger partial charge in [0.15, 0.2) is 0 Å². The second kappa shape index (κ2) is 8.73. The molecular weight excluding hydrogens is 466 g/mol. The minimum Gasteiger partial charge on any atom is -0.378 e. The first-order chi connectivity index (χ1) is 17.4. The van der Waals surface area contributed by atoms with Crippen molar-refractivity contribution in [2.45, 2.75) is 30.7 Å². The molecule has 0 bridgehead atoms. The van der Waals surface area contributed by atoms with Gasteiger partial charge in [-0.25, -0.2) is 0 Å². The molecule has 6 rings (SSSR count). The molecular formula is C29H33N5OS. The molecule has 7 heteroatoms. The van der Waals surface area contributed by atoms with Crippen molar-refractivity contribution in [1.82, 2.24) is 14.3 Å². The predicted molar refractivity (Wildman–Crippen MR) is 149 cm³/mol. The van der Waals surface area contributed by atoms with Gasteiger partial charge in [0.05, 0.1) is 11.9 Å². The Morgan fingerprint density at radius 2 is 1.83 bits per heavy atom. The van der Waals surface area contributed by atoms with Crippen molar-refractivity contribution < 1.29 is 0 Å². The third kappa shape index (κ3) is 3.81. The second-order valence-corrected chi connectivity index (χ2v) is 11.3. The molecule has 1 aliphatic carbocycles. The van der Waals surface area contributed by atoms with Gasteiger partial charge in [-0.05, 0) is 72.7 Å². The normalized spacial score (nSPS) is 21.6. The van der Waals surface area contributed by atoms with Gasteiger partial charge >= 0.3 is 0 Å². The van der Waals surface area contributed by atoms with E-state index in [0.29, 0.717) is 17.8 Å². The van der Waals surface area contributed by atoms with Crippen molar-refractivity contribution in [3.05, 3.63) is 82.0 Å². The SMILES string of the molecule is CSc1ccccc1N[C@H](C)c1cc(C)cc2c(=O)n(C)c(C3C4CN(c5cnn(C)c5)CC43)cc12. The van der Waals surface area contributed by atoms with Gasteiger partial charge in [0, 0.05) is 67.0 Å². The maximum absolute atomic E-state index is 13.6. The molecule has 186 valence electrons. The fourth-order valence-corrected chi connectivity index (χ4v) is 6.77. The summed E-state index contributed by atoms with van der Waals surface area (Å²) >= 11 is 1.74. The number of nitrogens with one attached hydrogen (secondary N) is 1. The topological polar surface area (TPSA) is 55.1 Å². The summed E-state index contributed by atoms with van der Waals surface area (Å²) < 4.78 is 3.77. The van der Waals surface area contributed by atoms with Gasteiger partial charge in [-0.3, -0.25) is 9.48 Å². The van der Waals surface area contributed by atoms with Crippen molar-refractivity contribution in [3.63, 3.8) is 0 Å². The molecule has 4 aromatic rings. The minimum atomic E-state index is 0.0698. The Hall–Kier alpha value is -3.19. The molecule has 0 amide bonds. The van der Waals surface area contributed by atoms with E-state index in [0.717, 1.165) is 35.1 Å². The van der Waals surface area contributed by atoms with Crippen LogP contribution in [0.2, 0.25) is 0 Å². The maximum Gasteiger partial charge on any atom is 0.258 e. The van der Waals surface area contributed by atoms with Crippen molar-refractivity contribution in [2.75, 3.05) is 29.6 Å². The summed E-state index contributed by atoms with van der Waals surface area (Å²) in [4.78, 5) is 17.2. The lowest BCUT2D eigenvalue weighted by Gasteiger charge is -2.23. The molecule has 1 saturated heterocycles. The minimum absolute atomic E-state index is 0.0698. The zero-order valence-corrected chi connectivity index (χ0v) is 22.3. The lowest BCUT2D eigenvalue weighted by molar-refractivity contribution is 0.689. The summed E-state index contributed by atoms with van der Waals surface area (Å²) in [5, 5.41) is 9.94. The first kappa shape index (κ1) is 23.2. The standard InChI is InChI=1S/C29H33N5OS/c1-17-10-20(18(2)31-25-8-6-7-9-27(25)36-5)21-12-26(33(4)29(35)22(21)11-17)28-23-15-34(16-24(23)28)19-13-30-32(3)14-19/h6-14,18,23-24,28,31H,15-16H2,1-5H3/t18-,23?,24?,28?/m1/s1. The Morgan fingerprint density at radius 3 is 2.53 bits per heavy atom. The van der Waals surface area contributed by atoms with Gasteiger partial charge in [0.25, 0.3) is 5.56 Å². The monoisotopic (exact) mass is 499 g/mol. The molecule has 2 aromatic carbocycles. The van der Waals surface area contributed by atoms with Crippen LogP contribution in [0.1, 0.15) is 35.7 Å². The highest BCUT2D eigenvalue weighted by Gasteiger charge is 2.57. The maximum atomic E-state index is 13.6. The number of para-hydroxylation sites is 1. The number of thioether (sulfide) groups is 1. The number of rotatable bonds is 6. The predicted octanol–water partition coefficient (Wildman–Crippen LogP) is 5.33. The number of hydrogen-bond donors (Lipinski definition) is 1. The van der Waals surface area contributed by atoms with Gasteiger partial charge < -0.3 is 14.8 Å². The third-order valence-electron chi connectivity index (χ3n) is 8.11. The molecule has 1 saturated carbocycles. The van der Waals surface area contributed by atoms with Crippen LogP contribution < -0.4 is 15.8 Å². The van der Waals surface area contributed by atoms with Crippen molar-refractivity contribution in [1.29, 1.82) is 0 Å². The molecule has 0 spiro atoms. The van der Waals surface area contributed by atoms with Crippen LogP contribution in [0.25, 0.3) is 10.8 Å². The number of piperidine rings is 1. The molecule has 1 N–H and O–H groups in total. The van der Waals surface area contributed by atoms with Gasteiger partial charge in [-0.2, -0.15) is 5.10 Å². The Kier molecular flexibility index (Phi) is 5.63. The van der Waals surface area contributed by atoms with Crippen LogP contribution >= 0.6 is 11.8 Å². The van der Waals surface area contributed by atoms with E-state index in [1.165, 1.54) is 21.8 Å². The van der Waals surface area contributed by atoms with E-state index < -0.39 is 0 Å². The van der Waals surface area contributed by atoms with E-state index in [-0.39, 0.29) is 11.6 Å². The van der Waals surface area contributed by atoms with Gasteiger partial charge in [0.2, 0.25) is 0 Å². The molecule has 2 unspecified atom stereocenters. The lowest BCUT2D eigenvalue weighted by atomic mass is 9.96. The third-order valence-corrected chi connectivity index (χ3v) is 8.90. The fourth-order valence-electron chi connectivity index (χ4n) is 6.21. The van der Waals surface area contributed by atoms with Crippen molar-refractivity contribution in [2.24, 2.45) is 25.9 Å². The molecule has 1 aliphatic heterocycles. The number of hydrogen-bond acceptors (Lipinski definition) is 5. The van der Waals surface area contributed by atoms with E-state index in [4.69, 9.17) is 0 Å². The Labute approximate surface area is 216 Å². The van der Waals surface area contributed by atoms with E-state index in [1.54, 1.807) is 11.8 Å². The molecule has 2 fully saturated rings. The number of aryl methyl sites for hydroxylation is 2. The van der Waals surface area contributed by atoms with Gasteiger partial charge in [-0.1, -0.05) is 18.2 Å². The van der Waals surface area contributed by atoms with Crippen molar-refractivity contribution >= 4 is 33.9 Å². The molecule has 6 nitrogen and oxygen atoms in total. The molecule has 36 heavy (non-hydrogen) atoms. The zero-order valence-electron chi connectivity index (χ0n) is 21.5. The van der Waals surface area contributed by atoms with E-state index in [9.17, 15) is 4.79 Å². The average molecular weight is 500 g/mol. The molecule has 0 radical (unpaired) electrons. The van der Waals surface area contributed by atoms with Crippen LogP contribution in [0.5, 0.6) is 0 Å². The second-order valence-electron chi connectivity index (χ2n) is 10.4.